The zero-order valence-electron chi connectivity index (χ0n) is 15.4. The van der Waals surface area contributed by atoms with Gasteiger partial charge in [-0.1, -0.05) is 12.1 Å². The van der Waals surface area contributed by atoms with E-state index >= 15 is 0 Å². The van der Waals surface area contributed by atoms with Gasteiger partial charge in [0.05, 0.1) is 19.3 Å². The summed E-state index contributed by atoms with van der Waals surface area (Å²) < 4.78 is 21.1. The molecule has 0 fully saturated rings. The summed E-state index contributed by atoms with van der Waals surface area (Å²) in [4.78, 5) is 4.49. The van der Waals surface area contributed by atoms with Crippen LogP contribution in [-0.2, 0) is 6.54 Å². The van der Waals surface area contributed by atoms with E-state index in [-0.39, 0.29) is 41.6 Å². The van der Waals surface area contributed by atoms with Gasteiger partial charge in [0.2, 0.25) is 0 Å². The predicted molar refractivity (Wildman–Crippen MR) is 113 cm³/mol. The van der Waals surface area contributed by atoms with Gasteiger partial charge >= 0.3 is 0 Å². The topological polar surface area (TPSA) is 63.5 Å². The second-order valence-corrected chi connectivity index (χ2v) is 5.79. The van der Waals surface area contributed by atoms with Gasteiger partial charge in [-0.15, -0.1) is 24.0 Å². The molecule has 0 spiro atoms. The molecular formula is C18H27FIN5O. The first-order valence-electron chi connectivity index (χ1n) is 8.51. The molecular weight excluding hydrogens is 448 g/mol. The van der Waals surface area contributed by atoms with Crippen molar-refractivity contribution >= 4 is 29.9 Å². The lowest BCUT2D eigenvalue weighted by atomic mass is 10.3. The maximum atomic E-state index is 13.6. The molecule has 1 heterocycles. The van der Waals surface area contributed by atoms with E-state index in [0.717, 1.165) is 18.7 Å². The van der Waals surface area contributed by atoms with Gasteiger partial charge in [-0.05, 0) is 38.5 Å². The highest BCUT2D eigenvalue weighted by Crippen LogP contribution is 2.16. The van der Waals surface area contributed by atoms with Crippen LogP contribution in [0.25, 0.3) is 0 Å². The third-order valence-corrected chi connectivity index (χ3v) is 3.41. The van der Waals surface area contributed by atoms with Crippen LogP contribution in [0.5, 0.6) is 5.75 Å². The highest BCUT2D eigenvalue weighted by atomic mass is 127. The van der Waals surface area contributed by atoms with Crippen molar-refractivity contribution in [3.8, 4) is 5.75 Å². The summed E-state index contributed by atoms with van der Waals surface area (Å²) in [6.07, 6.45) is 3.60. The third-order valence-electron chi connectivity index (χ3n) is 3.41. The van der Waals surface area contributed by atoms with Crippen LogP contribution in [0.1, 0.15) is 19.4 Å². The number of para-hydroxylation sites is 1. The number of halogens is 2. The molecule has 26 heavy (non-hydrogen) atoms. The maximum absolute atomic E-state index is 13.6. The van der Waals surface area contributed by atoms with Crippen LogP contribution in [0.4, 0.5) is 4.39 Å². The molecule has 0 aliphatic rings. The van der Waals surface area contributed by atoms with Gasteiger partial charge in [0.15, 0.2) is 17.5 Å². The van der Waals surface area contributed by atoms with Crippen molar-refractivity contribution in [1.82, 2.24) is 20.4 Å². The fraction of sp³-hybridized carbons (Fsp3) is 0.444. The summed E-state index contributed by atoms with van der Waals surface area (Å²) in [7, 11) is 0. The first-order chi connectivity index (χ1) is 12.1. The Labute approximate surface area is 171 Å². The molecule has 0 aliphatic heterocycles. The number of rotatable bonds is 8. The smallest absolute Gasteiger partial charge is 0.191 e. The molecule has 1 aromatic carbocycles. The van der Waals surface area contributed by atoms with Crippen LogP contribution in [-0.4, -0.2) is 41.5 Å². The van der Waals surface area contributed by atoms with Crippen molar-refractivity contribution in [3.05, 3.63) is 48.0 Å². The van der Waals surface area contributed by atoms with Gasteiger partial charge in [-0.25, -0.2) is 9.38 Å². The molecule has 1 atom stereocenters. The summed E-state index contributed by atoms with van der Waals surface area (Å²) >= 11 is 0. The Morgan fingerprint density at radius 1 is 1.35 bits per heavy atom. The molecule has 0 aliphatic carbocycles. The Kier molecular flexibility index (Phi) is 10.0. The quantitative estimate of drug-likeness (QED) is 0.350. The summed E-state index contributed by atoms with van der Waals surface area (Å²) in [6, 6.07) is 6.38. The van der Waals surface area contributed by atoms with E-state index in [1.54, 1.807) is 18.2 Å². The van der Waals surface area contributed by atoms with E-state index in [4.69, 9.17) is 4.74 Å². The second-order valence-electron chi connectivity index (χ2n) is 5.79. The summed E-state index contributed by atoms with van der Waals surface area (Å²) in [5.74, 6) is 0.588. The Hall–Kier alpha value is -1.84. The molecule has 1 aromatic heterocycles. The number of nitrogens with zero attached hydrogens (tertiary/aromatic N) is 3. The average molecular weight is 475 g/mol. The van der Waals surface area contributed by atoms with Gasteiger partial charge in [-0.3, -0.25) is 4.68 Å². The molecule has 0 saturated carbocycles. The monoisotopic (exact) mass is 475 g/mol. The van der Waals surface area contributed by atoms with Crippen molar-refractivity contribution < 1.29 is 9.13 Å². The van der Waals surface area contributed by atoms with E-state index in [1.807, 2.05) is 37.8 Å². The van der Waals surface area contributed by atoms with Crippen LogP contribution in [0, 0.1) is 12.7 Å². The van der Waals surface area contributed by atoms with Crippen molar-refractivity contribution in [3.63, 3.8) is 0 Å². The van der Waals surface area contributed by atoms with Crippen molar-refractivity contribution in [2.75, 3.05) is 19.6 Å². The van der Waals surface area contributed by atoms with Crippen LogP contribution >= 0.6 is 24.0 Å². The van der Waals surface area contributed by atoms with Crippen molar-refractivity contribution in [1.29, 1.82) is 0 Å². The van der Waals surface area contributed by atoms with E-state index in [9.17, 15) is 4.39 Å². The van der Waals surface area contributed by atoms with E-state index in [1.165, 1.54) is 6.07 Å². The van der Waals surface area contributed by atoms with Gasteiger partial charge in [0, 0.05) is 19.3 Å². The SMILES string of the molecule is CCNC(=NCC(C)Oc1ccccc1F)NCCn1cc(C)cn1.I. The number of nitrogens with one attached hydrogen (secondary N) is 2. The molecule has 0 amide bonds. The summed E-state index contributed by atoms with van der Waals surface area (Å²) in [6.45, 7) is 8.52. The Balaban J connectivity index is 0.00000338. The number of ether oxygens (including phenoxy) is 1. The highest BCUT2D eigenvalue weighted by Gasteiger charge is 2.08. The van der Waals surface area contributed by atoms with Crippen LogP contribution in [0.15, 0.2) is 41.7 Å². The number of aryl methyl sites for hydroxylation is 1. The molecule has 0 saturated heterocycles. The molecule has 2 rings (SSSR count). The van der Waals surface area contributed by atoms with Crippen molar-refractivity contribution in [2.24, 2.45) is 4.99 Å². The van der Waals surface area contributed by atoms with Crippen LogP contribution in [0.3, 0.4) is 0 Å². The fourth-order valence-electron chi connectivity index (χ4n) is 2.23. The zero-order valence-corrected chi connectivity index (χ0v) is 17.7. The maximum Gasteiger partial charge on any atom is 0.191 e. The van der Waals surface area contributed by atoms with Gasteiger partial charge in [0.25, 0.3) is 0 Å². The van der Waals surface area contributed by atoms with E-state index in [2.05, 4.69) is 20.7 Å². The lowest BCUT2D eigenvalue weighted by molar-refractivity contribution is 0.220. The molecule has 6 nitrogen and oxygen atoms in total. The van der Waals surface area contributed by atoms with Gasteiger partial charge in [0.1, 0.15) is 6.10 Å². The van der Waals surface area contributed by atoms with Crippen LogP contribution < -0.4 is 15.4 Å². The first-order valence-corrected chi connectivity index (χ1v) is 8.51. The van der Waals surface area contributed by atoms with Gasteiger partial charge in [-0.2, -0.15) is 5.10 Å². The Bertz CT molecular complexity index is 692. The first kappa shape index (κ1) is 22.2. The molecule has 8 heteroatoms. The number of aromatic nitrogens is 2. The normalized spacial score (nSPS) is 12.2. The summed E-state index contributed by atoms with van der Waals surface area (Å²) in [5.41, 5.74) is 1.14. The average Bonchev–Trinajstić information content (AvgIpc) is 3.00. The number of aliphatic imine (C=N–C) groups is 1. The lowest BCUT2D eigenvalue weighted by Gasteiger charge is -2.15. The van der Waals surface area contributed by atoms with E-state index < -0.39 is 0 Å². The molecule has 2 N–H and O–H groups in total. The standard InChI is InChI=1S/C18H26FN5O.HI/c1-4-20-18(21-9-10-24-13-14(2)11-23-24)22-12-15(3)25-17-8-6-5-7-16(17)19;/h5-8,11,13,15H,4,9-10,12H2,1-3H3,(H2,20,21,22);1H. The molecule has 2 aromatic rings. The number of hydrogen-bond acceptors (Lipinski definition) is 3. The largest absolute Gasteiger partial charge is 0.486 e. The third kappa shape index (κ3) is 7.59. The minimum Gasteiger partial charge on any atom is -0.486 e. The summed E-state index contributed by atoms with van der Waals surface area (Å²) in [5, 5.41) is 10.7. The van der Waals surface area contributed by atoms with E-state index in [0.29, 0.717) is 19.0 Å². The second kappa shape index (κ2) is 11.7. The Morgan fingerprint density at radius 3 is 2.77 bits per heavy atom. The number of guanidine groups is 1. The minimum atomic E-state index is -0.363. The molecule has 1 unspecified atom stereocenters. The molecule has 144 valence electrons. The number of hydrogen-bond donors (Lipinski definition) is 2. The van der Waals surface area contributed by atoms with Crippen LogP contribution in [0.2, 0.25) is 0 Å². The van der Waals surface area contributed by atoms with Crippen molar-refractivity contribution in [2.45, 2.75) is 33.4 Å². The highest BCUT2D eigenvalue weighted by molar-refractivity contribution is 14.0. The molecule has 0 radical (unpaired) electrons. The fourth-order valence-corrected chi connectivity index (χ4v) is 2.23. The zero-order chi connectivity index (χ0) is 18.1. The number of benzene rings is 1. The molecule has 0 bridgehead atoms. The lowest BCUT2D eigenvalue weighted by Crippen LogP contribution is -2.39. The predicted octanol–water partition coefficient (Wildman–Crippen LogP) is 2.97. The minimum absolute atomic E-state index is 0. The Morgan fingerprint density at radius 2 is 2.12 bits per heavy atom. The van der Waals surface area contributed by atoms with Gasteiger partial charge < -0.3 is 15.4 Å².